The zero-order valence-corrected chi connectivity index (χ0v) is 39.9. The predicted molar refractivity (Wildman–Crippen MR) is 265 cm³/mol. The Balaban J connectivity index is 0.000000286. The molecule has 63 heavy (non-hydrogen) atoms. The Morgan fingerprint density at radius 1 is 0.794 bits per heavy atom. The molecule has 3 aromatic heterocycles. The van der Waals surface area contributed by atoms with E-state index in [1.807, 2.05) is 30.3 Å². The molecular formula is C58H64IrN3O. The Kier molecular flexibility index (Phi) is 10.1. The largest absolute Gasteiger partial charge is 3.00 e. The smallest absolute Gasteiger partial charge is 0.810 e. The number of hydrogen-bond donors (Lipinski definition) is 0. The van der Waals surface area contributed by atoms with Crippen molar-refractivity contribution in [2.75, 3.05) is 0 Å². The minimum atomic E-state index is -2.65. The summed E-state index contributed by atoms with van der Waals surface area (Å²) < 4.78 is 130. The molecule has 0 saturated carbocycles. The van der Waals surface area contributed by atoms with Crippen LogP contribution in [0.4, 0.5) is 0 Å². The SMILES string of the molecule is [2H]C([2H])([2H])/C(C=[N-])=C(/C=C(\C)c1[c-]ccc2c1oc1nc(C([2H])([2H])[2H])ccc12)c1ccc(C([2H])([2H])C(C)(C)C)cc1.[2H]C([2H])([2H])c1c[c-]c(-c2cc(C([2H])([2H])C(C)(C)C)c(C([2H])([2H])C(C)(C)C)cn2)cc1-c1ccccc1.[Ir+3]. The molecule has 4 nitrogen and oxygen atoms in total. The van der Waals surface area contributed by atoms with Crippen molar-refractivity contribution in [1.82, 2.24) is 9.97 Å². The van der Waals surface area contributed by atoms with E-state index < -0.39 is 55.9 Å². The molecule has 326 valence electrons. The van der Waals surface area contributed by atoms with Crippen molar-refractivity contribution in [3.63, 3.8) is 0 Å². The fraction of sp³-hybridized carbons (Fsp3) is 0.328. The first-order valence-corrected chi connectivity index (χ1v) is 20.5. The van der Waals surface area contributed by atoms with Gasteiger partial charge in [0.05, 0.1) is 5.58 Å². The van der Waals surface area contributed by atoms with E-state index in [-0.39, 0.29) is 59.3 Å². The molecule has 3 heterocycles. The minimum Gasteiger partial charge on any atom is -0.810 e. The van der Waals surface area contributed by atoms with Gasteiger partial charge >= 0.3 is 20.1 Å². The number of furan rings is 1. The first kappa shape index (κ1) is 31.6. The zero-order valence-electron chi connectivity index (χ0n) is 52.6. The van der Waals surface area contributed by atoms with E-state index in [2.05, 4.69) is 22.1 Å². The summed E-state index contributed by atoms with van der Waals surface area (Å²) >= 11 is 0. The fourth-order valence-corrected chi connectivity index (χ4v) is 6.87. The van der Waals surface area contributed by atoms with Crippen molar-refractivity contribution < 1.29 is 45.1 Å². The van der Waals surface area contributed by atoms with Crippen molar-refractivity contribution in [3.8, 4) is 22.4 Å². The fourth-order valence-electron chi connectivity index (χ4n) is 6.87. The Morgan fingerprint density at radius 2 is 1.49 bits per heavy atom. The van der Waals surface area contributed by atoms with Crippen LogP contribution in [0.15, 0.2) is 119 Å². The van der Waals surface area contributed by atoms with Gasteiger partial charge in [-0.15, -0.1) is 58.7 Å². The van der Waals surface area contributed by atoms with E-state index in [1.165, 1.54) is 18.3 Å². The average Bonchev–Trinajstić information content (AvgIpc) is 3.72. The number of rotatable bonds is 9. The summed E-state index contributed by atoms with van der Waals surface area (Å²) in [6, 6.07) is 33.2. The quantitative estimate of drug-likeness (QED) is 0.0822. The zero-order chi connectivity index (χ0) is 57.9. The molecule has 0 aliphatic rings. The molecule has 7 rings (SSSR count). The van der Waals surface area contributed by atoms with Crippen molar-refractivity contribution in [2.45, 2.75) is 109 Å². The van der Waals surface area contributed by atoms with Crippen LogP contribution in [0.2, 0.25) is 0 Å². The average molecular weight is 1030 g/mol. The number of fused-ring (bicyclic) bond motifs is 3. The van der Waals surface area contributed by atoms with Gasteiger partial charge < -0.3 is 14.8 Å². The van der Waals surface area contributed by atoms with Gasteiger partial charge in [-0.2, -0.15) is 6.21 Å². The van der Waals surface area contributed by atoms with Gasteiger partial charge in [0, 0.05) is 37.8 Å². The van der Waals surface area contributed by atoms with Crippen molar-refractivity contribution in [2.24, 2.45) is 16.2 Å². The second-order valence-electron chi connectivity index (χ2n) is 18.4. The van der Waals surface area contributed by atoms with E-state index in [9.17, 15) is 5.41 Å². The van der Waals surface area contributed by atoms with Crippen LogP contribution >= 0.6 is 0 Å². The molecule has 0 aliphatic heterocycles. The third kappa shape index (κ3) is 12.9. The van der Waals surface area contributed by atoms with Crippen LogP contribution < -0.4 is 0 Å². The van der Waals surface area contributed by atoms with Crippen molar-refractivity contribution in [3.05, 3.63) is 172 Å². The van der Waals surface area contributed by atoms with Crippen LogP contribution in [-0.4, -0.2) is 16.2 Å². The van der Waals surface area contributed by atoms with Gasteiger partial charge in [-0.1, -0.05) is 159 Å². The van der Waals surface area contributed by atoms with Gasteiger partial charge in [-0.05, 0) is 100 Å². The Bertz CT molecular complexity index is 3370. The second kappa shape index (κ2) is 20.1. The molecule has 0 N–H and O–H groups in total. The molecular weight excluding hydrogens is 947 g/mol. The maximum absolute atomic E-state index is 10.0. The number of allylic oxidation sites excluding steroid dienone is 4. The van der Waals surface area contributed by atoms with Crippen LogP contribution in [0.1, 0.15) is 136 Å². The van der Waals surface area contributed by atoms with Crippen LogP contribution in [0.3, 0.4) is 0 Å². The molecule has 0 bridgehead atoms. The topological polar surface area (TPSA) is 61.2 Å². The van der Waals surface area contributed by atoms with Crippen LogP contribution in [0.5, 0.6) is 0 Å². The summed E-state index contributed by atoms with van der Waals surface area (Å²) in [6.45, 7) is 10.5. The number of nitrogens with zero attached hydrogens (tertiary/aromatic N) is 3. The van der Waals surface area contributed by atoms with Gasteiger partial charge in [0.1, 0.15) is 0 Å². The molecule has 0 spiro atoms. The van der Waals surface area contributed by atoms with Crippen molar-refractivity contribution >= 4 is 39.4 Å². The number of benzene rings is 4. The first-order chi connectivity index (χ1) is 35.1. The normalized spacial score (nSPS) is 17.5. The third-order valence-electron chi connectivity index (χ3n) is 9.42. The minimum absolute atomic E-state index is 0. The molecule has 4 aromatic carbocycles. The molecule has 0 atom stereocenters. The molecule has 7 aromatic rings. The van der Waals surface area contributed by atoms with E-state index in [1.54, 1.807) is 130 Å². The van der Waals surface area contributed by atoms with E-state index in [0.29, 0.717) is 61.7 Å². The predicted octanol–water partition coefficient (Wildman–Crippen LogP) is 15.9. The summed E-state index contributed by atoms with van der Waals surface area (Å²) in [7, 11) is 0. The Hall–Kier alpha value is -5.22. The van der Waals surface area contributed by atoms with E-state index in [4.69, 9.17) is 25.0 Å². The van der Waals surface area contributed by atoms with Gasteiger partial charge in [-0.25, -0.2) is 4.98 Å². The van der Waals surface area contributed by atoms with Gasteiger partial charge in [0.25, 0.3) is 0 Å². The summed E-state index contributed by atoms with van der Waals surface area (Å²) in [5.74, 6) is 0. The third-order valence-corrected chi connectivity index (χ3v) is 9.42. The van der Waals surface area contributed by atoms with E-state index in [0.717, 1.165) is 5.56 Å². The number of aryl methyl sites for hydroxylation is 2. The van der Waals surface area contributed by atoms with Crippen LogP contribution in [0.25, 0.3) is 61.0 Å². The molecule has 5 heteroatoms. The molecule has 0 saturated heterocycles. The standard InChI is InChI=1S/C30H30N2O.C28H34N.Ir/c1-19(24-8-7-9-25-26-15-10-21(3)32-29(26)33-28(24)25)16-27(20(2)18-31)23-13-11-22(12-14-23)17-30(4,5)6;1-20-13-14-22(15-25(20)21-11-9-8-10-12-21)26-16-23(17-27(2,3)4)24(19-29-26)18-28(5,6)7;/h7,9-16,18H,17H2,1-6H3;8-13,15-16,19H,17-18H2,1-7H3;/q-2;-1;+3/b19-16+,27-20+;;/i2D3,3D3,17D2;1D3,17D2,18D2;. The monoisotopic (exact) mass is 1030 g/mol. The summed E-state index contributed by atoms with van der Waals surface area (Å²) in [5, 5.41) is 11.3. The van der Waals surface area contributed by atoms with Gasteiger partial charge in [0.2, 0.25) is 5.71 Å². The number of aromatic nitrogens is 2. The molecule has 0 fully saturated rings. The number of pyridine rings is 2. The molecule has 0 aliphatic carbocycles. The van der Waals surface area contributed by atoms with E-state index >= 15 is 0 Å². The number of hydrogen-bond acceptors (Lipinski definition) is 3. The van der Waals surface area contributed by atoms with Crippen LogP contribution in [-0.2, 0) is 39.2 Å². The van der Waals surface area contributed by atoms with Gasteiger partial charge in [-0.3, -0.25) is 0 Å². The maximum Gasteiger partial charge on any atom is 3.00 e. The summed E-state index contributed by atoms with van der Waals surface area (Å²) in [5.41, 5.74) is 2.90. The first-order valence-electron chi connectivity index (χ1n) is 28.0. The second-order valence-corrected chi connectivity index (χ2v) is 18.4. The molecule has 0 amide bonds. The Labute approximate surface area is 412 Å². The molecule has 0 radical (unpaired) electrons. The molecule has 0 unspecified atom stereocenters. The summed E-state index contributed by atoms with van der Waals surface area (Å²) in [6.07, 6.45) is -1.76. The van der Waals surface area contributed by atoms with Gasteiger partial charge in [0.15, 0.2) is 0 Å². The summed E-state index contributed by atoms with van der Waals surface area (Å²) in [4.78, 5) is 8.73. The Morgan fingerprint density at radius 3 is 2.13 bits per heavy atom. The maximum atomic E-state index is 10.0. The van der Waals surface area contributed by atoms with Crippen molar-refractivity contribution in [1.29, 1.82) is 0 Å². The van der Waals surface area contributed by atoms with Crippen LogP contribution in [0, 0.1) is 42.1 Å².